The molecule has 0 aliphatic carbocycles. The van der Waals surface area contributed by atoms with Crippen molar-refractivity contribution in [3.05, 3.63) is 28.5 Å². The fourth-order valence-corrected chi connectivity index (χ4v) is 2.64. The van der Waals surface area contributed by atoms with E-state index in [1.165, 1.54) is 0 Å². The Morgan fingerprint density at radius 2 is 2.39 bits per heavy atom. The van der Waals surface area contributed by atoms with Crippen LogP contribution in [0, 0.1) is 0 Å². The maximum Gasteiger partial charge on any atom is 0.326 e. The minimum Gasteiger partial charge on any atom is -0.480 e. The number of aliphatic carboxylic acids is 1. The monoisotopic (exact) mass is 332 g/mol. The molecule has 1 unspecified atom stereocenters. The van der Waals surface area contributed by atoms with E-state index < -0.39 is 12.0 Å². The SMILES string of the molecule is O=CNC(CCSCc1cncc(Br)c1)C(=O)O. The van der Waals surface area contributed by atoms with Crippen molar-refractivity contribution >= 4 is 40.1 Å². The topological polar surface area (TPSA) is 79.3 Å². The number of aromatic nitrogens is 1. The lowest BCUT2D eigenvalue weighted by atomic mass is 10.2. The molecule has 1 atom stereocenters. The molecule has 1 amide bonds. The van der Waals surface area contributed by atoms with Crippen LogP contribution < -0.4 is 5.32 Å². The normalized spacial score (nSPS) is 11.8. The van der Waals surface area contributed by atoms with E-state index in [2.05, 4.69) is 26.2 Å². The van der Waals surface area contributed by atoms with Crippen molar-refractivity contribution < 1.29 is 14.7 Å². The minimum atomic E-state index is -1.01. The zero-order valence-corrected chi connectivity index (χ0v) is 11.9. The molecule has 7 heteroatoms. The van der Waals surface area contributed by atoms with Crippen molar-refractivity contribution in [1.29, 1.82) is 0 Å². The molecule has 0 spiro atoms. The maximum absolute atomic E-state index is 10.8. The number of rotatable bonds is 8. The van der Waals surface area contributed by atoms with Gasteiger partial charge in [-0.2, -0.15) is 11.8 Å². The highest BCUT2D eigenvalue weighted by atomic mass is 79.9. The molecule has 2 N–H and O–H groups in total. The summed E-state index contributed by atoms with van der Waals surface area (Å²) in [4.78, 5) is 25.0. The number of halogens is 1. The molecule has 1 aromatic heterocycles. The summed E-state index contributed by atoms with van der Waals surface area (Å²) in [5.74, 6) is 0.413. The predicted octanol–water partition coefficient (Wildman–Crippen LogP) is 1.67. The third kappa shape index (κ3) is 5.50. The van der Waals surface area contributed by atoms with Crippen molar-refractivity contribution in [2.24, 2.45) is 0 Å². The Bertz CT molecular complexity index is 417. The van der Waals surface area contributed by atoms with Gasteiger partial charge in [-0.3, -0.25) is 9.78 Å². The molecule has 0 aliphatic heterocycles. The van der Waals surface area contributed by atoms with Crippen molar-refractivity contribution in [2.45, 2.75) is 18.2 Å². The lowest BCUT2D eigenvalue weighted by molar-refractivity contribution is -0.140. The number of pyridine rings is 1. The first-order valence-electron chi connectivity index (χ1n) is 5.23. The third-order valence-corrected chi connectivity index (χ3v) is 3.64. The van der Waals surface area contributed by atoms with Gasteiger partial charge in [0.25, 0.3) is 0 Å². The van der Waals surface area contributed by atoms with Crippen molar-refractivity contribution in [3.8, 4) is 0 Å². The van der Waals surface area contributed by atoms with E-state index in [0.717, 1.165) is 15.8 Å². The second-order valence-corrected chi connectivity index (χ2v) is 5.55. The molecular formula is C11H13BrN2O3S. The molecule has 0 aliphatic rings. The molecule has 0 bridgehead atoms. The second-order valence-electron chi connectivity index (χ2n) is 3.53. The summed E-state index contributed by atoms with van der Waals surface area (Å²) in [5, 5.41) is 11.1. The summed E-state index contributed by atoms with van der Waals surface area (Å²) in [6, 6.07) is 1.16. The molecule has 0 fully saturated rings. The van der Waals surface area contributed by atoms with Gasteiger partial charge in [-0.25, -0.2) is 4.79 Å². The molecule has 98 valence electrons. The number of thioether (sulfide) groups is 1. The first kappa shape index (κ1) is 15.0. The van der Waals surface area contributed by atoms with E-state index in [1.54, 1.807) is 24.2 Å². The Kier molecular flexibility index (Phi) is 6.74. The van der Waals surface area contributed by atoms with Gasteiger partial charge < -0.3 is 10.4 Å². The molecule has 0 aromatic carbocycles. The van der Waals surface area contributed by atoms with E-state index in [9.17, 15) is 9.59 Å². The van der Waals surface area contributed by atoms with Gasteiger partial charge in [0.05, 0.1) is 0 Å². The van der Waals surface area contributed by atoms with Crippen LogP contribution in [-0.4, -0.2) is 34.3 Å². The number of hydrogen-bond acceptors (Lipinski definition) is 4. The van der Waals surface area contributed by atoms with Crippen LogP contribution in [-0.2, 0) is 15.3 Å². The zero-order valence-electron chi connectivity index (χ0n) is 9.51. The number of nitrogens with one attached hydrogen (secondary N) is 1. The summed E-state index contributed by atoms with van der Waals surface area (Å²) in [5.41, 5.74) is 1.07. The molecule has 1 heterocycles. The zero-order chi connectivity index (χ0) is 13.4. The standard InChI is InChI=1S/C11H13BrN2O3S/c12-9-3-8(4-13-5-9)6-18-2-1-10(11(16)17)14-7-15/h3-5,7,10H,1-2,6H2,(H,14,15)(H,16,17). The van der Waals surface area contributed by atoms with Gasteiger partial charge in [0.2, 0.25) is 6.41 Å². The lowest BCUT2D eigenvalue weighted by Gasteiger charge is -2.10. The predicted molar refractivity (Wildman–Crippen MR) is 73.3 cm³/mol. The van der Waals surface area contributed by atoms with Crippen LogP contribution in [0.5, 0.6) is 0 Å². The van der Waals surface area contributed by atoms with Gasteiger partial charge in [0.15, 0.2) is 0 Å². The molecular weight excluding hydrogens is 320 g/mol. The van der Waals surface area contributed by atoms with Crippen molar-refractivity contribution in [3.63, 3.8) is 0 Å². The van der Waals surface area contributed by atoms with Crippen LogP contribution in [0.15, 0.2) is 22.9 Å². The quantitative estimate of drug-likeness (QED) is 0.559. The number of carbonyl (C=O) groups excluding carboxylic acids is 1. The average molecular weight is 333 g/mol. The molecule has 0 saturated carbocycles. The molecule has 0 radical (unpaired) electrons. The Hall–Kier alpha value is -1.08. The molecule has 0 saturated heterocycles. The van der Waals surface area contributed by atoms with E-state index >= 15 is 0 Å². The summed E-state index contributed by atoms with van der Waals surface area (Å²) >= 11 is 4.94. The molecule has 5 nitrogen and oxygen atoms in total. The van der Waals surface area contributed by atoms with Gasteiger partial charge in [-0.05, 0) is 39.7 Å². The van der Waals surface area contributed by atoms with Gasteiger partial charge in [-0.1, -0.05) is 0 Å². The molecule has 1 aromatic rings. The van der Waals surface area contributed by atoms with E-state index in [1.807, 2.05) is 6.07 Å². The summed E-state index contributed by atoms with van der Waals surface area (Å²) in [6.07, 6.45) is 4.31. The van der Waals surface area contributed by atoms with Crippen LogP contribution in [0.1, 0.15) is 12.0 Å². The van der Waals surface area contributed by atoms with Gasteiger partial charge >= 0.3 is 5.97 Å². The number of carboxylic acids is 1. The van der Waals surface area contributed by atoms with Gasteiger partial charge in [0.1, 0.15) is 6.04 Å². The number of hydrogen-bond donors (Lipinski definition) is 2. The highest BCUT2D eigenvalue weighted by Gasteiger charge is 2.15. The van der Waals surface area contributed by atoms with E-state index in [-0.39, 0.29) is 0 Å². The van der Waals surface area contributed by atoms with Crippen LogP contribution in [0.3, 0.4) is 0 Å². The Labute approximate surface area is 117 Å². The molecule has 18 heavy (non-hydrogen) atoms. The van der Waals surface area contributed by atoms with Crippen LogP contribution in [0.4, 0.5) is 0 Å². The van der Waals surface area contributed by atoms with E-state index in [0.29, 0.717) is 18.6 Å². The summed E-state index contributed by atoms with van der Waals surface area (Å²) in [7, 11) is 0. The Morgan fingerprint density at radius 1 is 1.61 bits per heavy atom. The van der Waals surface area contributed by atoms with Crippen LogP contribution >= 0.6 is 27.7 Å². The lowest BCUT2D eigenvalue weighted by Crippen LogP contribution is -2.36. The largest absolute Gasteiger partial charge is 0.480 e. The minimum absolute atomic E-state index is 0.403. The van der Waals surface area contributed by atoms with Gasteiger partial charge in [0, 0.05) is 22.6 Å². The third-order valence-electron chi connectivity index (χ3n) is 2.15. The fourth-order valence-electron chi connectivity index (χ4n) is 1.29. The summed E-state index contributed by atoms with van der Waals surface area (Å²) in [6.45, 7) is 0. The number of carbonyl (C=O) groups is 2. The highest BCUT2D eigenvalue weighted by molar-refractivity contribution is 9.10. The fraction of sp³-hybridized carbons (Fsp3) is 0.364. The van der Waals surface area contributed by atoms with Crippen molar-refractivity contribution in [1.82, 2.24) is 10.3 Å². The highest BCUT2D eigenvalue weighted by Crippen LogP contribution is 2.16. The Balaban J connectivity index is 2.29. The number of nitrogens with zero attached hydrogens (tertiary/aromatic N) is 1. The smallest absolute Gasteiger partial charge is 0.326 e. The van der Waals surface area contributed by atoms with Crippen LogP contribution in [0.2, 0.25) is 0 Å². The number of carboxylic acid groups (broad SMARTS) is 1. The number of amides is 1. The first-order chi connectivity index (χ1) is 8.63. The van der Waals surface area contributed by atoms with Crippen LogP contribution in [0.25, 0.3) is 0 Å². The maximum atomic E-state index is 10.8. The van der Waals surface area contributed by atoms with Gasteiger partial charge in [-0.15, -0.1) is 0 Å². The Morgan fingerprint density at radius 3 is 3.00 bits per heavy atom. The molecule has 1 rings (SSSR count). The summed E-state index contributed by atoms with van der Waals surface area (Å²) < 4.78 is 0.923. The first-order valence-corrected chi connectivity index (χ1v) is 7.18. The average Bonchev–Trinajstić information content (AvgIpc) is 2.33. The van der Waals surface area contributed by atoms with E-state index in [4.69, 9.17) is 5.11 Å². The second kappa shape index (κ2) is 8.10. The van der Waals surface area contributed by atoms with Crippen molar-refractivity contribution in [2.75, 3.05) is 5.75 Å².